The zero-order valence-electron chi connectivity index (χ0n) is 10.5. The fourth-order valence-electron chi connectivity index (χ4n) is 3.18. The van der Waals surface area contributed by atoms with Crippen LogP contribution in [0.25, 0.3) is 0 Å². The van der Waals surface area contributed by atoms with Crippen LogP contribution >= 0.6 is 11.6 Å². The minimum atomic E-state index is -3.46. The molecule has 0 radical (unpaired) electrons. The summed E-state index contributed by atoms with van der Waals surface area (Å²) in [5.74, 6) is 0.530. The number of hydrogen-bond acceptors (Lipinski definition) is 3. The van der Waals surface area contributed by atoms with E-state index in [9.17, 15) is 8.42 Å². The number of hydrogen-bond donors (Lipinski definition) is 1. The van der Waals surface area contributed by atoms with E-state index in [-0.39, 0.29) is 16.0 Å². The van der Waals surface area contributed by atoms with E-state index in [0.29, 0.717) is 19.0 Å². The molecular weight excluding hydrogens is 284 g/mol. The largest absolute Gasteiger partial charge is 0.326 e. The molecule has 1 aromatic rings. The maximum atomic E-state index is 12.7. The first-order valence-electron chi connectivity index (χ1n) is 6.52. The quantitative estimate of drug-likeness (QED) is 0.928. The summed E-state index contributed by atoms with van der Waals surface area (Å²) >= 11 is 6.11. The van der Waals surface area contributed by atoms with Gasteiger partial charge in [-0.05, 0) is 42.9 Å². The number of halogens is 1. The number of rotatable bonds is 3. The molecule has 19 heavy (non-hydrogen) atoms. The molecule has 0 aromatic heterocycles. The van der Waals surface area contributed by atoms with Crippen molar-refractivity contribution in [3.8, 4) is 0 Å². The lowest BCUT2D eigenvalue weighted by atomic mass is 10.1. The average molecular weight is 301 g/mol. The fourth-order valence-corrected chi connectivity index (χ4v) is 5.47. The molecule has 104 valence electrons. The van der Waals surface area contributed by atoms with Gasteiger partial charge in [-0.25, -0.2) is 8.42 Å². The third kappa shape index (κ3) is 2.18. The molecule has 3 rings (SSSR count). The number of sulfonamides is 1. The molecule has 1 saturated heterocycles. The highest BCUT2D eigenvalue weighted by Gasteiger charge is 2.44. The van der Waals surface area contributed by atoms with Gasteiger partial charge in [0.1, 0.15) is 4.90 Å². The molecular formula is C13H17ClN2O2S. The lowest BCUT2D eigenvalue weighted by Crippen LogP contribution is -2.37. The molecule has 0 amide bonds. The van der Waals surface area contributed by atoms with E-state index >= 15 is 0 Å². The molecule has 4 nitrogen and oxygen atoms in total. The molecule has 1 aromatic carbocycles. The normalized spacial score (nSPS) is 27.1. The topological polar surface area (TPSA) is 63.4 Å². The van der Waals surface area contributed by atoms with Gasteiger partial charge in [0.15, 0.2) is 0 Å². The van der Waals surface area contributed by atoms with Crippen LogP contribution in [0.2, 0.25) is 5.02 Å². The highest BCUT2D eigenvalue weighted by molar-refractivity contribution is 7.89. The lowest BCUT2D eigenvalue weighted by molar-refractivity contribution is 0.333. The molecule has 2 aliphatic rings. The Balaban J connectivity index is 1.96. The van der Waals surface area contributed by atoms with Crippen LogP contribution in [0.3, 0.4) is 0 Å². The summed E-state index contributed by atoms with van der Waals surface area (Å²) in [6.07, 6.45) is 3.12. The second-order valence-corrected chi connectivity index (χ2v) is 7.64. The van der Waals surface area contributed by atoms with E-state index in [1.54, 1.807) is 22.5 Å². The summed E-state index contributed by atoms with van der Waals surface area (Å²) in [4.78, 5) is 0.207. The minimum absolute atomic E-state index is 0.167. The zero-order valence-corrected chi connectivity index (χ0v) is 12.1. The zero-order chi connectivity index (χ0) is 13.6. The Bertz CT molecular complexity index is 603. The fraction of sp³-hybridized carbons (Fsp3) is 0.538. The van der Waals surface area contributed by atoms with Gasteiger partial charge in [-0.2, -0.15) is 4.31 Å². The van der Waals surface area contributed by atoms with Crippen LogP contribution in [-0.4, -0.2) is 25.3 Å². The second kappa shape index (κ2) is 4.74. The predicted octanol–water partition coefficient (Wildman–Crippen LogP) is 1.97. The second-order valence-electron chi connectivity index (χ2n) is 5.38. The maximum Gasteiger partial charge on any atom is 0.244 e. The van der Waals surface area contributed by atoms with Gasteiger partial charge in [0, 0.05) is 19.1 Å². The van der Waals surface area contributed by atoms with Crippen molar-refractivity contribution in [3.63, 3.8) is 0 Å². The van der Waals surface area contributed by atoms with E-state index in [4.69, 9.17) is 17.3 Å². The van der Waals surface area contributed by atoms with E-state index in [1.165, 1.54) is 0 Å². The molecule has 1 aliphatic carbocycles. The van der Waals surface area contributed by atoms with Crippen molar-refractivity contribution in [2.45, 2.75) is 36.7 Å². The molecule has 2 unspecified atom stereocenters. The van der Waals surface area contributed by atoms with Crippen molar-refractivity contribution >= 4 is 21.6 Å². The Hall–Kier alpha value is -0.620. The number of nitrogens with zero attached hydrogens (tertiary/aromatic N) is 1. The number of nitrogens with two attached hydrogens (primary N) is 1. The minimum Gasteiger partial charge on any atom is -0.326 e. The van der Waals surface area contributed by atoms with E-state index in [0.717, 1.165) is 24.8 Å². The van der Waals surface area contributed by atoms with Gasteiger partial charge in [0.25, 0.3) is 0 Å². The number of piperidine rings is 1. The highest BCUT2D eigenvalue weighted by atomic mass is 35.5. The molecule has 2 N–H and O–H groups in total. The lowest BCUT2D eigenvalue weighted by Gasteiger charge is -2.26. The van der Waals surface area contributed by atoms with Gasteiger partial charge in [0.05, 0.1) is 5.02 Å². The average Bonchev–Trinajstić information content (AvgIpc) is 3.00. The monoisotopic (exact) mass is 300 g/mol. The van der Waals surface area contributed by atoms with Crippen molar-refractivity contribution in [1.82, 2.24) is 4.31 Å². The van der Waals surface area contributed by atoms with E-state index in [1.807, 2.05) is 0 Å². The third-order valence-electron chi connectivity index (χ3n) is 4.18. The van der Waals surface area contributed by atoms with Gasteiger partial charge < -0.3 is 5.73 Å². The molecule has 2 fully saturated rings. The van der Waals surface area contributed by atoms with Crippen molar-refractivity contribution in [2.24, 2.45) is 11.7 Å². The summed E-state index contributed by atoms with van der Waals surface area (Å²) in [6.45, 7) is 0.996. The Morgan fingerprint density at radius 2 is 2.16 bits per heavy atom. The van der Waals surface area contributed by atoms with Gasteiger partial charge in [-0.1, -0.05) is 17.7 Å². The summed E-state index contributed by atoms with van der Waals surface area (Å²) < 4.78 is 26.9. The molecule has 2 atom stereocenters. The van der Waals surface area contributed by atoms with Crippen molar-refractivity contribution < 1.29 is 8.42 Å². The standard InChI is InChI=1S/C13H17ClN2O2S/c14-12-6-9(7-15)2-4-13(12)19(17,18)16-8-10-1-3-11(16)5-10/h2,4,6,10-11H,1,3,5,7-8,15H2. The Kier molecular flexibility index (Phi) is 3.33. The molecule has 0 spiro atoms. The maximum absolute atomic E-state index is 12.7. The van der Waals surface area contributed by atoms with E-state index < -0.39 is 10.0 Å². The van der Waals surface area contributed by atoms with Crippen LogP contribution in [0.15, 0.2) is 23.1 Å². The van der Waals surface area contributed by atoms with Gasteiger partial charge in [0.2, 0.25) is 10.0 Å². The van der Waals surface area contributed by atoms with Crippen LogP contribution < -0.4 is 5.73 Å². The molecule has 1 saturated carbocycles. The van der Waals surface area contributed by atoms with Gasteiger partial charge in [-0.15, -0.1) is 0 Å². The van der Waals surface area contributed by atoms with Crippen LogP contribution in [0.4, 0.5) is 0 Å². The first kappa shape index (κ1) is 13.4. The Morgan fingerprint density at radius 3 is 2.68 bits per heavy atom. The van der Waals surface area contributed by atoms with Crippen molar-refractivity contribution in [1.29, 1.82) is 0 Å². The predicted molar refractivity (Wildman–Crippen MR) is 74.4 cm³/mol. The summed E-state index contributed by atoms with van der Waals surface area (Å²) in [5, 5.41) is 0.269. The summed E-state index contributed by atoms with van der Waals surface area (Å²) in [5.41, 5.74) is 6.37. The summed E-state index contributed by atoms with van der Waals surface area (Å²) in [6, 6.07) is 5.11. The number of fused-ring (bicyclic) bond motifs is 2. The first-order valence-corrected chi connectivity index (χ1v) is 8.34. The Labute approximate surface area is 118 Å². The van der Waals surface area contributed by atoms with E-state index in [2.05, 4.69) is 0 Å². The molecule has 6 heteroatoms. The third-order valence-corrected chi connectivity index (χ3v) is 6.58. The van der Waals surface area contributed by atoms with Crippen molar-refractivity contribution in [3.05, 3.63) is 28.8 Å². The van der Waals surface area contributed by atoms with Crippen molar-refractivity contribution in [2.75, 3.05) is 6.54 Å². The van der Waals surface area contributed by atoms with Crippen LogP contribution in [-0.2, 0) is 16.6 Å². The molecule has 1 aliphatic heterocycles. The first-order chi connectivity index (χ1) is 9.02. The van der Waals surface area contributed by atoms with Gasteiger partial charge >= 0.3 is 0 Å². The molecule has 2 bridgehead atoms. The van der Waals surface area contributed by atoms with Gasteiger partial charge in [-0.3, -0.25) is 0 Å². The smallest absolute Gasteiger partial charge is 0.244 e. The highest BCUT2D eigenvalue weighted by Crippen LogP contribution is 2.41. The Morgan fingerprint density at radius 1 is 1.37 bits per heavy atom. The summed E-state index contributed by atoms with van der Waals surface area (Å²) in [7, 11) is -3.46. The SMILES string of the molecule is NCc1ccc(S(=O)(=O)N2CC3CCC2C3)c(Cl)c1. The number of benzene rings is 1. The molecule has 1 heterocycles. The van der Waals surface area contributed by atoms with Crippen LogP contribution in [0.5, 0.6) is 0 Å². The van der Waals surface area contributed by atoms with Crippen LogP contribution in [0.1, 0.15) is 24.8 Å². The van der Waals surface area contributed by atoms with Crippen LogP contribution in [0, 0.1) is 5.92 Å².